The van der Waals surface area contributed by atoms with Gasteiger partial charge in [0.25, 0.3) is 5.91 Å². The van der Waals surface area contributed by atoms with Gasteiger partial charge in [-0.2, -0.15) is 0 Å². The number of hydrogen-bond acceptors (Lipinski definition) is 4. The van der Waals surface area contributed by atoms with Crippen LogP contribution in [0.1, 0.15) is 62.4 Å². The summed E-state index contributed by atoms with van der Waals surface area (Å²) in [6.45, 7) is 6.33. The minimum absolute atomic E-state index is 0.238. The Balaban J connectivity index is 1.76. The Hall–Kier alpha value is -3.18. The summed E-state index contributed by atoms with van der Waals surface area (Å²) >= 11 is 0. The molecule has 0 aliphatic heterocycles. The van der Waals surface area contributed by atoms with Crippen LogP contribution in [0.15, 0.2) is 73.1 Å². The van der Waals surface area contributed by atoms with Crippen molar-refractivity contribution >= 4 is 5.91 Å². The largest absolute Gasteiger partial charge is 0.493 e. The minimum atomic E-state index is -1.34. The number of rotatable bonds is 11. The topological polar surface area (TPSA) is 62.7 Å². The van der Waals surface area contributed by atoms with E-state index in [1.165, 1.54) is 17.7 Å². The molecule has 0 unspecified atom stereocenters. The Morgan fingerprint density at radius 1 is 0.970 bits per heavy atom. The fourth-order valence-electron chi connectivity index (χ4n) is 3.66. The minimum Gasteiger partial charge on any atom is -0.493 e. The van der Waals surface area contributed by atoms with E-state index in [4.69, 9.17) is 4.74 Å². The van der Waals surface area contributed by atoms with Crippen LogP contribution in [-0.2, 0) is 6.54 Å². The van der Waals surface area contributed by atoms with E-state index in [1.807, 2.05) is 48.5 Å². The van der Waals surface area contributed by atoms with Gasteiger partial charge in [-0.25, -0.2) is 0 Å². The zero-order valence-corrected chi connectivity index (χ0v) is 19.8. The standard InChI is InChI=1S/C28H34N2O3/c1-4-5-6-9-19-33-26-13-8-7-11-25(26)21-30(28(2,3)32)27(31)23-16-14-22(15-17-23)24-12-10-18-29-20-24/h7-8,10-18,20,32H,4-6,9,19,21H2,1-3H3. The van der Waals surface area contributed by atoms with Gasteiger partial charge in [-0.3, -0.25) is 9.78 Å². The summed E-state index contributed by atoms with van der Waals surface area (Å²) in [7, 11) is 0. The first-order valence-corrected chi connectivity index (χ1v) is 11.7. The van der Waals surface area contributed by atoms with Crippen molar-refractivity contribution in [1.29, 1.82) is 0 Å². The average molecular weight is 447 g/mol. The number of unbranched alkanes of at least 4 members (excludes halogenated alkanes) is 3. The van der Waals surface area contributed by atoms with E-state index in [0.717, 1.165) is 35.3 Å². The van der Waals surface area contributed by atoms with Gasteiger partial charge in [-0.1, -0.05) is 62.6 Å². The van der Waals surface area contributed by atoms with Gasteiger partial charge in [0, 0.05) is 23.5 Å². The number of hydrogen-bond donors (Lipinski definition) is 1. The molecule has 174 valence electrons. The van der Waals surface area contributed by atoms with E-state index in [0.29, 0.717) is 12.2 Å². The van der Waals surface area contributed by atoms with E-state index in [-0.39, 0.29) is 12.5 Å². The van der Waals surface area contributed by atoms with Gasteiger partial charge < -0.3 is 14.7 Å². The molecule has 5 nitrogen and oxygen atoms in total. The number of aromatic nitrogens is 1. The molecule has 0 atom stereocenters. The highest BCUT2D eigenvalue weighted by atomic mass is 16.5. The molecular weight excluding hydrogens is 412 g/mol. The van der Waals surface area contributed by atoms with Crippen molar-refractivity contribution in [1.82, 2.24) is 9.88 Å². The van der Waals surface area contributed by atoms with Crippen molar-refractivity contribution in [2.45, 2.75) is 58.7 Å². The Morgan fingerprint density at radius 2 is 1.73 bits per heavy atom. The van der Waals surface area contributed by atoms with Crippen LogP contribution < -0.4 is 4.74 Å². The molecule has 2 aromatic carbocycles. The van der Waals surface area contributed by atoms with E-state index >= 15 is 0 Å². The van der Waals surface area contributed by atoms with Crippen LogP contribution in [0.3, 0.4) is 0 Å². The first kappa shape index (κ1) is 24.5. The highest BCUT2D eigenvalue weighted by Crippen LogP contribution is 2.26. The molecule has 1 amide bonds. The Morgan fingerprint density at radius 3 is 2.39 bits per heavy atom. The molecule has 0 spiro atoms. The molecule has 0 saturated heterocycles. The number of carbonyl (C=O) groups excluding carboxylic acids is 1. The number of carbonyl (C=O) groups is 1. The van der Waals surface area contributed by atoms with E-state index in [1.54, 1.807) is 38.4 Å². The van der Waals surface area contributed by atoms with Crippen LogP contribution in [-0.4, -0.2) is 33.2 Å². The maximum atomic E-state index is 13.4. The molecule has 0 saturated carbocycles. The lowest BCUT2D eigenvalue weighted by Gasteiger charge is -2.34. The van der Waals surface area contributed by atoms with Crippen molar-refractivity contribution in [3.63, 3.8) is 0 Å². The fraction of sp³-hybridized carbons (Fsp3) is 0.357. The summed E-state index contributed by atoms with van der Waals surface area (Å²) in [6.07, 6.45) is 8.05. The number of aliphatic hydroxyl groups is 1. The number of pyridine rings is 1. The number of para-hydroxylation sites is 1. The highest BCUT2D eigenvalue weighted by Gasteiger charge is 2.30. The lowest BCUT2D eigenvalue weighted by atomic mass is 10.0. The van der Waals surface area contributed by atoms with Crippen LogP contribution in [0.25, 0.3) is 11.1 Å². The van der Waals surface area contributed by atoms with Crippen molar-refractivity contribution in [3.05, 3.63) is 84.2 Å². The van der Waals surface area contributed by atoms with Gasteiger partial charge >= 0.3 is 0 Å². The third-order valence-electron chi connectivity index (χ3n) is 5.59. The maximum Gasteiger partial charge on any atom is 0.256 e. The lowest BCUT2D eigenvalue weighted by Crippen LogP contribution is -2.47. The number of ether oxygens (including phenoxy) is 1. The number of amides is 1. The van der Waals surface area contributed by atoms with Crippen molar-refractivity contribution in [3.8, 4) is 16.9 Å². The van der Waals surface area contributed by atoms with Crippen molar-refractivity contribution in [2.24, 2.45) is 0 Å². The molecule has 1 heterocycles. The molecule has 1 N–H and O–H groups in total. The van der Waals surface area contributed by atoms with E-state index in [9.17, 15) is 9.90 Å². The van der Waals surface area contributed by atoms with Crippen LogP contribution in [0.2, 0.25) is 0 Å². The molecule has 3 aromatic rings. The molecule has 0 bridgehead atoms. The van der Waals surface area contributed by atoms with Gasteiger partial charge in [-0.15, -0.1) is 0 Å². The molecule has 3 rings (SSSR count). The predicted octanol–water partition coefficient (Wildman–Crippen LogP) is 6.08. The monoisotopic (exact) mass is 446 g/mol. The smallest absolute Gasteiger partial charge is 0.256 e. The third kappa shape index (κ3) is 6.90. The van der Waals surface area contributed by atoms with Gasteiger partial charge in [0.15, 0.2) is 0 Å². The van der Waals surface area contributed by atoms with E-state index in [2.05, 4.69) is 11.9 Å². The first-order chi connectivity index (χ1) is 15.9. The predicted molar refractivity (Wildman–Crippen MR) is 132 cm³/mol. The highest BCUT2D eigenvalue weighted by molar-refractivity contribution is 5.95. The molecule has 0 aliphatic carbocycles. The molecule has 0 aliphatic rings. The summed E-state index contributed by atoms with van der Waals surface area (Å²) in [4.78, 5) is 19.0. The summed E-state index contributed by atoms with van der Waals surface area (Å²) < 4.78 is 6.02. The number of nitrogens with zero attached hydrogens (tertiary/aromatic N) is 2. The molecule has 5 heteroatoms. The molecule has 1 aromatic heterocycles. The van der Waals surface area contributed by atoms with Crippen LogP contribution in [0.5, 0.6) is 5.75 Å². The van der Waals surface area contributed by atoms with Gasteiger partial charge in [0.2, 0.25) is 0 Å². The average Bonchev–Trinajstić information content (AvgIpc) is 2.82. The first-order valence-electron chi connectivity index (χ1n) is 11.7. The SMILES string of the molecule is CCCCCCOc1ccccc1CN(C(=O)c1ccc(-c2cccnc2)cc1)C(C)(C)O. The molecule has 0 fully saturated rings. The van der Waals surface area contributed by atoms with Crippen LogP contribution in [0.4, 0.5) is 0 Å². The summed E-state index contributed by atoms with van der Waals surface area (Å²) in [5.41, 5.74) is 2.02. The van der Waals surface area contributed by atoms with Crippen molar-refractivity contribution < 1.29 is 14.6 Å². The molecule has 33 heavy (non-hydrogen) atoms. The second-order valence-electron chi connectivity index (χ2n) is 8.72. The van der Waals surface area contributed by atoms with Crippen LogP contribution in [0, 0.1) is 0 Å². The zero-order chi connectivity index (χ0) is 23.7. The normalized spacial score (nSPS) is 11.3. The fourth-order valence-corrected chi connectivity index (χ4v) is 3.66. The maximum absolute atomic E-state index is 13.4. The molecule has 0 radical (unpaired) electrons. The zero-order valence-electron chi connectivity index (χ0n) is 19.8. The van der Waals surface area contributed by atoms with Crippen molar-refractivity contribution in [2.75, 3.05) is 6.61 Å². The van der Waals surface area contributed by atoms with Gasteiger partial charge in [0.1, 0.15) is 11.5 Å². The Labute approximate surface area is 197 Å². The second kappa shape index (κ2) is 11.6. The summed E-state index contributed by atoms with van der Waals surface area (Å²) in [5.74, 6) is 0.515. The Kier molecular flexibility index (Phi) is 8.61. The Bertz CT molecular complexity index is 1010. The lowest BCUT2D eigenvalue weighted by molar-refractivity contribution is -0.0628. The van der Waals surface area contributed by atoms with Crippen LogP contribution >= 0.6 is 0 Å². The third-order valence-corrected chi connectivity index (χ3v) is 5.59. The van der Waals surface area contributed by atoms with Gasteiger partial charge in [0.05, 0.1) is 13.2 Å². The van der Waals surface area contributed by atoms with E-state index < -0.39 is 5.72 Å². The summed E-state index contributed by atoms with van der Waals surface area (Å²) in [5, 5.41) is 10.8. The number of benzene rings is 2. The van der Waals surface area contributed by atoms with Gasteiger partial charge in [-0.05, 0) is 55.7 Å². The molecular formula is C28H34N2O3. The quantitative estimate of drug-likeness (QED) is 0.286. The second-order valence-corrected chi connectivity index (χ2v) is 8.72. The summed E-state index contributed by atoms with van der Waals surface area (Å²) in [6, 6.07) is 19.0.